The molecule has 1 N–H and O–H groups in total. The van der Waals surface area contributed by atoms with E-state index in [2.05, 4.69) is 27.8 Å². The van der Waals surface area contributed by atoms with Crippen molar-refractivity contribution in [2.24, 2.45) is 0 Å². The molecule has 0 amide bonds. The predicted molar refractivity (Wildman–Crippen MR) is 78.7 cm³/mol. The minimum atomic E-state index is -5.84. The highest BCUT2D eigenvalue weighted by molar-refractivity contribution is 7.86. The fourth-order valence-electron chi connectivity index (χ4n) is 1.75. The fourth-order valence-corrected chi connectivity index (χ4v) is 1.75. The zero-order chi connectivity index (χ0) is 17.1. The van der Waals surface area contributed by atoms with Gasteiger partial charge in [-0.05, 0) is 24.3 Å². The van der Waals surface area contributed by atoms with Gasteiger partial charge in [-0.1, -0.05) is 30.3 Å². The molecule has 5 nitrogen and oxygen atoms in total. The molecule has 0 aliphatic heterocycles. The molecule has 3 rings (SSSR count). The van der Waals surface area contributed by atoms with Crippen molar-refractivity contribution in [3.05, 3.63) is 60.9 Å². The van der Waals surface area contributed by atoms with Gasteiger partial charge in [0, 0.05) is 5.69 Å². The maximum absolute atomic E-state index is 10.7. The quantitative estimate of drug-likeness (QED) is 0.542. The standard InChI is InChI=1S/C13H10N2.CHF3O3S/c1-2-6-11(7-3-1)15-10-14-12-8-4-5-9-13(12)15;2-1(3,4)8(5,6)7/h1-10H;(H,5,6,7). The Morgan fingerprint density at radius 2 is 1.48 bits per heavy atom. The predicted octanol–water partition coefficient (Wildman–Crippen LogP) is 3.42. The van der Waals surface area contributed by atoms with Crippen LogP contribution in [0.3, 0.4) is 0 Å². The minimum Gasteiger partial charge on any atom is -0.299 e. The van der Waals surface area contributed by atoms with Gasteiger partial charge in [-0.25, -0.2) is 4.98 Å². The van der Waals surface area contributed by atoms with Crippen LogP contribution in [0.4, 0.5) is 13.2 Å². The third-order valence-electron chi connectivity index (χ3n) is 2.78. The number of fused-ring (bicyclic) bond motifs is 1. The summed E-state index contributed by atoms with van der Waals surface area (Å²) in [5, 5.41) is 0. The Bertz CT molecular complexity index is 890. The van der Waals surface area contributed by atoms with Crippen LogP contribution in [-0.4, -0.2) is 28.0 Å². The lowest BCUT2D eigenvalue weighted by atomic mass is 10.3. The first kappa shape index (κ1) is 17.0. The fraction of sp³-hybridized carbons (Fsp3) is 0.0714. The van der Waals surface area contributed by atoms with E-state index in [0.29, 0.717) is 0 Å². The van der Waals surface area contributed by atoms with E-state index in [1.807, 2.05) is 42.7 Å². The molecule has 3 aromatic rings. The topological polar surface area (TPSA) is 72.2 Å². The van der Waals surface area contributed by atoms with Gasteiger partial charge in [0.1, 0.15) is 6.33 Å². The molecule has 0 spiro atoms. The van der Waals surface area contributed by atoms with Crippen LogP contribution in [-0.2, 0) is 10.1 Å². The number of alkyl halides is 3. The van der Waals surface area contributed by atoms with Crippen LogP contribution in [0.2, 0.25) is 0 Å². The Labute approximate surface area is 129 Å². The highest BCUT2D eigenvalue weighted by Crippen LogP contribution is 2.20. The van der Waals surface area contributed by atoms with Crippen molar-refractivity contribution >= 4 is 21.2 Å². The average Bonchev–Trinajstić information content (AvgIpc) is 2.91. The van der Waals surface area contributed by atoms with Crippen molar-refractivity contribution in [2.45, 2.75) is 5.51 Å². The number of hydrogen-bond acceptors (Lipinski definition) is 3. The number of rotatable bonds is 1. The third-order valence-corrected chi connectivity index (χ3v) is 3.37. The Morgan fingerprint density at radius 1 is 0.957 bits per heavy atom. The number of halogens is 3. The van der Waals surface area contributed by atoms with Crippen LogP contribution in [0, 0.1) is 0 Å². The van der Waals surface area contributed by atoms with Gasteiger partial charge in [-0.15, -0.1) is 0 Å². The van der Waals surface area contributed by atoms with Crippen LogP contribution in [0.25, 0.3) is 16.7 Å². The average molecular weight is 344 g/mol. The molecule has 0 aliphatic rings. The first-order chi connectivity index (χ1) is 10.7. The van der Waals surface area contributed by atoms with Crippen LogP contribution < -0.4 is 0 Å². The van der Waals surface area contributed by atoms with Crippen molar-refractivity contribution in [3.63, 3.8) is 0 Å². The lowest BCUT2D eigenvalue weighted by molar-refractivity contribution is -0.0510. The van der Waals surface area contributed by atoms with Crippen LogP contribution in [0.15, 0.2) is 60.9 Å². The molecule has 0 atom stereocenters. The third kappa shape index (κ3) is 4.08. The molecule has 0 saturated carbocycles. The number of aromatic nitrogens is 2. The molecule has 1 aromatic heterocycles. The van der Waals surface area contributed by atoms with Gasteiger partial charge in [0.15, 0.2) is 0 Å². The van der Waals surface area contributed by atoms with Gasteiger partial charge in [0.05, 0.1) is 11.0 Å². The molecule has 122 valence electrons. The largest absolute Gasteiger partial charge is 0.522 e. The Hall–Kier alpha value is -2.39. The van der Waals surface area contributed by atoms with Gasteiger partial charge in [0.2, 0.25) is 0 Å². The van der Waals surface area contributed by atoms with Crippen molar-refractivity contribution in [3.8, 4) is 5.69 Å². The van der Waals surface area contributed by atoms with Crippen molar-refractivity contribution < 1.29 is 26.1 Å². The molecule has 0 aliphatic carbocycles. The summed E-state index contributed by atoms with van der Waals surface area (Å²) in [5.74, 6) is 0. The number of benzene rings is 2. The molecule has 0 fully saturated rings. The monoisotopic (exact) mass is 344 g/mol. The summed E-state index contributed by atoms with van der Waals surface area (Å²) in [7, 11) is -5.84. The van der Waals surface area contributed by atoms with E-state index in [-0.39, 0.29) is 0 Å². The van der Waals surface area contributed by atoms with Gasteiger partial charge in [-0.2, -0.15) is 21.6 Å². The molecule has 0 saturated heterocycles. The highest BCUT2D eigenvalue weighted by Gasteiger charge is 2.44. The normalized spacial score (nSPS) is 11.8. The summed E-state index contributed by atoms with van der Waals surface area (Å²) in [4.78, 5) is 4.36. The molecule has 9 heteroatoms. The lowest BCUT2D eigenvalue weighted by Crippen LogP contribution is -2.21. The van der Waals surface area contributed by atoms with E-state index in [4.69, 9.17) is 13.0 Å². The molecule has 0 radical (unpaired) electrons. The number of nitrogens with zero attached hydrogens (tertiary/aromatic N) is 2. The first-order valence-corrected chi connectivity index (χ1v) is 7.65. The summed E-state index contributed by atoms with van der Waals surface area (Å²) in [6.07, 6.45) is 1.86. The Kier molecular flexibility index (Phi) is 4.71. The summed E-state index contributed by atoms with van der Waals surface area (Å²) < 4.78 is 59.6. The van der Waals surface area contributed by atoms with Crippen molar-refractivity contribution in [1.82, 2.24) is 9.55 Å². The highest BCUT2D eigenvalue weighted by atomic mass is 32.2. The summed E-state index contributed by atoms with van der Waals surface area (Å²) >= 11 is 0. The lowest BCUT2D eigenvalue weighted by Gasteiger charge is -2.02. The van der Waals surface area contributed by atoms with Gasteiger partial charge in [-0.3, -0.25) is 9.12 Å². The van der Waals surface area contributed by atoms with Crippen LogP contribution >= 0.6 is 0 Å². The maximum atomic E-state index is 10.7. The maximum Gasteiger partial charge on any atom is 0.522 e. The molecule has 0 bridgehead atoms. The zero-order valence-electron chi connectivity index (χ0n) is 11.5. The van der Waals surface area contributed by atoms with E-state index >= 15 is 0 Å². The molecule has 0 unspecified atom stereocenters. The van der Waals surface area contributed by atoms with Gasteiger partial charge in [0.25, 0.3) is 0 Å². The SMILES string of the molecule is O=S(=O)(O)C(F)(F)F.c1ccc(-n2cnc3ccccc32)cc1. The summed E-state index contributed by atoms with van der Waals surface area (Å²) in [5.41, 5.74) is -2.22. The Balaban J connectivity index is 0.000000207. The minimum absolute atomic E-state index is 1.03. The van der Waals surface area contributed by atoms with E-state index in [1.165, 1.54) is 0 Å². The smallest absolute Gasteiger partial charge is 0.299 e. The molecular weight excluding hydrogens is 333 g/mol. The van der Waals surface area contributed by atoms with Gasteiger partial charge >= 0.3 is 15.6 Å². The second-order valence-electron chi connectivity index (χ2n) is 4.36. The van der Waals surface area contributed by atoms with Crippen molar-refractivity contribution in [2.75, 3.05) is 0 Å². The van der Waals surface area contributed by atoms with Gasteiger partial charge < -0.3 is 0 Å². The number of para-hydroxylation sites is 3. The molecule has 2 aromatic carbocycles. The number of hydrogen-bond donors (Lipinski definition) is 1. The number of imidazole rings is 1. The van der Waals surface area contributed by atoms with E-state index < -0.39 is 15.6 Å². The molecular formula is C14H11F3N2O3S. The van der Waals surface area contributed by atoms with E-state index in [0.717, 1.165) is 16.7 Å². The molecule has 1 heterocycles. The Morgan fingerprint density at radius 3 is 2.04 bits per heavy atom. The summed E-state index contributed by atoms with van der Waals surface area (Å²) in [6.45, 7) is 0. The zero-order valence-corrected chi connectivity index (χ0v) is 12.3. The summed E-state index contributed by atoms with van der Waals surface area (Å²) in [6, 6.07) is 18.4. The van der Waals surface area contributed by atoms with Crippen LogP contribution in [0.5, 0.6) is 0 Å². The second-order valence-corrected chi connectivity index (χ2v) is 5.77. The first-order valence-electron chi connectivity index (χ1n) is 6.21. The molecule has 23 heavy (non-hydrogen) atoms. The second kappa shape index (κ2) is 6.39. The van der Waals surface area contributed by atoms with E-state index in [1.54, 1.807) is 0 Å². The van der Waals surface area contributed by atoms with Crippen LogP contribution in [0.1, 0.15) is 0 Å². The van der Waals surface area contributed by atoms with E-state index in [9.17, 15) is 13.2 Å². The van der Waals surface area contributed by atoms with Crippen molar-refractivity contribution in [1.29, 1.82) is 0 Å².